The Morgan fingerprint density at radius 2 is 0.596 bits per heavy atom. The van der Waals surface area contributed by atoms with E-state index in [0.717, 1.165) is 122 Å². The summed E-state index contributed by atoms with van der Waals surface area (Å²) in [6, 6.07) is 0. The summed E-state index contributed by atoms with van der Waals surface area (Å²) >= 11 is 0. The molecule has 0 aliphatic carbocycles. The summed E-state index contributed by atoms with van der Waals surface area (Å²) in [5.41, 5.74) is 0. The van der Waals surface area contributed by atoms with Gasteiger partial charge in [-0.05, 0) is 96.3 Å². The highest BCUT2D eigenvalue weighted by Gasteiger charge is 2.30. The van der Waals surface area contributed by atoms with E-state index in [0.29, 0.717) is 25.7 Å². The van der Waals surface area contributed by atoms with E-state index in [4.69, 9.17) is 37.0 Å². The van der Waals surface area contributed by atoms with Crippen molar-refractivity contribution < 1.29 is 80.2 Å². The fraction of sp³-hybridized carbons (Fsp3) is 0.653. The molecule has 0 aromatic carbocycles. The van der Waals surface area contributed by atoms with Gasteiger partial charge in [-0.1, -0.05) is 271 Å². The van der Waals surface area contributed by atoms with Crippen LogP contribution < -0.4 is 0 Å². The van der Waals surface area contributed by atoms with Gasteiger partial charge in [-0.25, -0.2) is 9.13 Å². The van der Waals surface area contributed by atoms with Crippen LogP contribution in [0.1, 0.15) is 259 Å². The van der Waals surface area contributed by atoms with Crippen LogP contribution in [0.3, 0.4) is 0 Å². The maximum absolute atomic E-state index is 13.0. The molecule has 0 aromatic rings. The van der Waals surface area contributed by atoms with Gasteiger partial charge in [0.25, 0.3) is 0 Å². The molecule has 0 aromatic heterocycles. The van der Waals surface area contributed by atoms with Crippen molar-refractivity contribution in [1.82, 2.24) is 0 Å². The van der Waals surface area contributed by atoms with Gasteiger partial charge in [0.1, 0.15) is 19.3 Å². The molecule has 0 aliphatic heterocycles. The maximum atomic E-state index is 13.0. The van der Waals surface area contributed by atoms with Gasteiger partial charge >= 0.3 is 39.5 Å². The minimum Gasteiger partial charge on any atom is -0.461 e. The predicted octanol–water partition coefficient (Wildman–Crippen LogP) is 19.8. The molecule has 0 saturated carbocycles. The van der Waals surface area contributed by atoms with E-state index in [2.05, 4.69) is 113 Å². The van der Waals surface area contributed by atoms with E-state index < -0.39 is 97.5 Å². The van der Waals surface area contributed by atoms with Crippen LogP contribution in [0.25, 0.3) is 0 Å². The summed E-state index contributed by atoms with van der Waals surface area (Å²) in [5, 5.41) is 10.6. The Balaban J connectivity index is 5.46. The number of ether oxygens (including phenoxy) is 4. The van der Waals surface area contributed by atoms with Crippen LogP contribution in [0.5, 0.6) is 0 Å². The Bertz CT molecular complexity index is 2310. The van der Waals surface area contributed by atoms with Crippen molar-refractivity contribution in [3.05, 3.63) is 134 Å². The molecule has 0 aliphatic rings. The van der Waals surface area contributed by atoms with Crippen LogP contribution in [0.2, 0.25) is 0 Å². The van der Waals surface area contributed by atoms with Crippen LogP contribution in [-0.2, 0) is 65.4 Å². The summed E-state index contributed by atoms with van der Waals surface area (Å²) < 4.78 is 68.0. The molecular weight excluding hydrogens is 1230 g/mol. The standard InChI is InChI=1S/C75H124O17P2/c1-5-9-13-17-21-25-29-32-34-37-40-43-47-51-55-59-72(77)85-65-70(91-74(79)61-57-53-49-45-39-28-24-20-16-12-8-4)67-89-93(81,82)87-63-69(76)64-88-94(83,84)90-68-71(92-75(80)62-58-54-50-46-42-36-31-27-23-19-15-11-7-3)66-86-73(78)60-56-52-48-44-41-38-35-33-30-26-22-18-14-10-6-2/h9-10,13-14,20-22,24-26,32-35,40-41,43-44,51-52,55-56,69-71,76H,5-8,11-12,15-19,23,27-31,36-39,42,45-50,53-54,57-68H2,1-4H3,(H,81,82)(H,83,84)/b13-9-,14-10-,24-20-,25-21-,26-22-,34-32-,35-33-,43-40-,44-41-,55-51-,56-52-. The summed E-state index contributed by atoms with van der Waals surface area (Å²) in [6.07, 6.45) is 72.5. The highest BCUT2D eigenvalue weighted by molar-refractivity contribution is 7.47. The largest absolute Gasteiger partial charge is 0.472 e. The Kier molecular flexibility index (Phi) is 63.4. The van der Waals surface area contributed by atoms with E-state index in [1.165, 1.54) is 57.8 Å². The lowest BCUT2D eigenvalue weighted by Gasteiger charge is -2.21. The van der Waals surface area contributed by atoms with E-state index in [1.54, 1.807) is 12.2 Å². The number of phosphoric ester groups is 2. The zero-order chi connectivity index (χ0) is 69.0. The van der Waals surface area contributed by atoms with Crippen LogP contribution in [0.4, 0.5) is 0 Å². The molecule has 536 valence electrons. The summed E-state index contributed by atoms with van der Waals surface area (Å²) in [7, 11) is -9.99. The number of carbonyl (C=O) groups is 4. The number of hydrogen-bond donors (Lipinski definition) is 3. The Hall–Kier alpha value is -4.80. The first-order chi connectivity index (χ1) is 45.7. The highest BCUT2D eigenvalue weighted by atomic mass is 31.2. The number of esters is 4. The lowest BCUT2D eigenvalue weighted by atomic mass is 10.0. The number of aliphatic hydroxyl groups is 1. The predicted molar refractivity (Wildman–Crippen MR) is 381 cm³/mol. The summed E-state index contributed by atoms with van der Waals surface area (Å²) in [4.78, 5) is 72.4. The van der Waals surface area contributed by atoms with Gasteiger partial charge in [0.2, 0.25) is 0 Å². The van der Waals surface area contributed by atoms with Crippen molar-refractivity contribution in [3.8, 4) is 0 Å². The molecule has 5 atom stereocenters. The van der Waals surface area contributed by atoms with Gasteiger partial charge in [-0.2, -0.15) is 0 Å². The Morgan fingerprint density at radius 3 is 0.926 bits per heavy atom. The number of hydrogen-bond acceptors (Lipinski definition) is 15. The highest BCUT2D eigenvalue weighted by Crippen LogP contribution is 2.45. The smallest absolute Gasteiger partial charge is 0.461 e. The third-order valence-corrected chi connectivity index (χ3v) is 16.1. The minimum absolute atomic E-state index is 0.0601. The fourth-order valence-corrected chi connectivity index (χ4v) is 10.4. The second-order valence-electron chi connectivity index (χ2n) is 23.1. The first-order valence-electron chi connectivity index (χ1n) is 35.4. The minimum atomic E-state index is -5.00. The van der Waals surface area contributed by atoms with Crippen LogP contribution in [0, 0.1) is 0 Å². The number of unbranched alkanes of at least 4 members (excludes halogenated alkanes) is 19. The van der Waals surface area contributed by atoms with Crippen molar-refractivity contribution in [3.63, 3.8) is 0 Å². The molecule has 19 heteroatoms. The molecule has 0 rings (SSSR count). The fourth-order valence-electron chi connectivity index (χ4n) is 8.82. The summed E-state index contributed by atoms with van der Waals surface area (Å²) in [6.45, 7) is 4.33. The number of aliphatic hydroxyl groups excluding tert-OH is 1. The number of allylic oxidation sites excluding steroid dienone is 20. The van der Waals surface area contributed by atoms with Crippen LogP contribution >= 0.6 is 15.6 Å². The van der Waals surface area contributed by atoms with E-state index in [1.807, 2.05) is 36.5 Å². The molecule has 0 amide bonds. The zero-order valence-electron chi connectivity index (χ0n) is 58.1. The lowest BCUT2D eigenvalue weighted by Crippen LogP contribution is -2.30. The molecule has 0 bridgehead atoms. The quantitative estimate of drug-likeness (QED) is 0.0169. The van der Waals surface area contributed by atoms with E-state index >= 15 is 0 Å². The lowest BCUT2D eigenvalue weighted by molar-refractivity contribution is -0.161. The van der Waals surface area contributed by atoms with Crippen LogP contribution in [0.15, 0.2) is 134 Å². The third-order valence-electron chi connectivity index (χ3n) is 14.2. The average Bonchev–Trinajstić information content (AvgIpc) is 1.35. The van der Waals surface area contributed by atoms with Crippen molar-refractivity contribution in [2.45, 2.75) is 277 Å². The molecule has 0 radical (unpaired) electrons. The van der Waals surface area contributed by atoms with Gasteiger partial charge in [0.05, 0.1) is 39.3 Å². The van der Waals surface area contributed by atoms with Crippen molar-refractivity contribution in [2.24, 2.45) is 0 Å². The zero-order valence-corrected chi connectivity index (χ0v) is 59.9. The number of carbonyl (C=O) groups excluding carboxylic acids is 4. The maximum Gasteiger partial charge on any atom is 0.472 e. The van der Waals surface area contributed by atoms with E-state index in [-0.39, 0.29) is 25.7 Å². The average molecular weight is 1360 g/mol. The van der Waals surface area contributed by atoms with Gasteiger partial charge in [-0.3, -0.25) is 37.3 Å². The van der Waals surface area contributed by atoms with Gasteiger partial charge in [0, 0.05) is 12.8 Å². The monoisotopic (exact) mass is 1360 g/mol. The van der Waals surface area contributed by atoms with Crippen molar-refractivity contribution >= 4 is 39.5 Å². The normalized spacial score (nSPS) is 14.8. The molecule has 17 nitrogen and oxygen atoms in total. The Morgan fingerprint density at radius 1 is 0.319 bits per heavy atom. The molecule has 5 unspecified atom stereocenters. The SMILES string of the molecule is CC/C=C\C/C=C\C/C=C\C/C=C\C/C=C\CC(=O)OCC(COP(=O)(O)OCC(O)COP(=O)(O)OCC(COC(=O)C/C=C\C/C=C\C/C=C\C/C=C\C/C=C\CC)OC(=O)CCCCCCCCCCCCCCC)OC(=O)CCCCCCC/C=C\CCCC. The number of phosphoric acid groups is 2. The molecule has 0 saturated heterocycles. The topological polar surface area (TPSA) is 237 Å². The second-order valence-corrected chi connectivity index (χ2v) is 26.0. The molecule has 0 fully saturated rings. The Labute approximate surface area is 567 Å². The van der Waals surface area contributed by atoms with Gasteiger partial charge in [-0.15, -0.1) is 0 Å². The molecule has 0 heterocycles. The van der Waals surface area contributed by atoms with Gasteiger partial charge in [0.15, 0.2) is 12.2 Å². The molecular formula is C75H124O17P2. The number of rotatable bonds is 65. The first kappa shape index (κ1) is 89.2. The third kappa shape index (κ3) is 65.8. The molecule has 94 heavy (non-hydrogen) atoms. The first-order valence-corrected chi connectivity index (χ1v) is 38.4. The summed E-state index contributed by atoms with van der Waals surface area (Å²) in [5.74, 6) is -2.49. The van der Waals surface area contributed by atoms with E-state index in [9.17, 15) is 43.2 Å². The molecule has 0 spiro atoms. The van der Waals surface area contributed by atoms with Crippen molar-refractivity contribution in [1.29, 1.82) is 0 Å². The van der Waals surface area contributed by atoms with Crippen molar-refractivity contribution in [2.75, 3.05) is 39.6 Å². The van der Waals surface area contributed by atoms with Gasteiger partial charge < -0.3 is 33.8 Å². The molecule has 3 N–H and O–H groups in total. The second kappa shape index (κ2) is 66.8. The van der Waals surface area contributed by atoms with Crippen LogP contribution in [-0.4, -0.2) is 96.7 Å².